The summed E-state index contributed by atoms with van der Waals surface area (Å²) in [5, 5.41) is 3.12. The summed E-state index contributed by atoms with van der Waals surface area (Å²) in [6.45, 7) is 5.51. The van der Waals surface area contributed by atoms with Crippen LogP contribution in [0.1, 0.15) is 58.3 Å². The summed E-state index contributed by atoms with van der Waals surface area (Å²) >= 11 is 0. The first kappa shape index (κ1) is 18.6. The Hall–Kier alpha value is -1.14. The van der Waals surface area contributed by atoms with Crippen molar-refractivity contribution in [2.24, 2.45) is 0 Å². The van der Waals surface area contributed by atoms with Crippen molar-refractivity contribution >= 4 is 11.8 Å². The molecule has 1 saturated carbocycles. The van der Waals surface area contributed by atoms with Gasteiger partial charge in [0.1, 0.15) is 6.10 Å². The van der Waals surface area contributed by atoms with Gasteiger partial charge in [-0.05, 0) is 32.1 Å². The van der Waals surface area contributed by atoms with Crippen LogP contribution in [-0.2, 0) is 14.3 Å². The lowest BCUT2D eigenvalue weighted by Crippen LogP contribution is -2.58. The normalized spacial score (nSPS) is 27.4. The number of carbonyl (C=O) groups excluding carboxylic acids is 2. The summed E-state index contributed by atoms with van der Waals surface area (Å²) in [4.78, 5) is 29.1. The summed E-state index contributed by atoms with van der Waals surface area (Å²) in [5.74, 6) is 0.288. The van der Waals surface area contributed by atoms with E-state index in [0.717, 1.165) is 51.7 Å². The Morgan fingerprint density at radius 1 is 1.20 bits per heavy atom. The molecule has 2 heterocycles. The lowest BCUT2D eigenvalue weighted by atomic mass is 9.97. The number of carbonyl (C=O) groups is 2. The summed E-state index contributed by atoms with van der Waals surface area (Å²) in [6, 6.07) is 0.166. The molecular formula is C19H33N3O3. The van der Waals surface area contributed by atoms with Gasteiger partial charge in [0.25, 0.3) is 5.91 Å². The van der Waals surface area contributed by atoms with Crippen molar-refractivity contribution < 1.29 is 14.3 Å². The minimum atomic E-state index is -0.319. The van der Waals surface area contributed by atoms with Gasteiger partial charge in [-0.25, -0.2) is 0 Å². The number of nitrogens with one attached hydrogen (secondary N) is 1. The minimum absolute atomic E-state index is 0.125. The minimum Gasteiger partial charge on any atom is -0.365 e. The van der Waals surface area contributed by atoms with Crippen LogP contribution in [-0.4, -0.2) is 72.6 Å². The maximum atomic E-state index is 13.0. The Balaban J connectivity index is 1.57. The van der Waals surface area contributed by atoms with Crippen molar-refractivity contribution in [1.82, 2.24) is 15.1 Å². The molecule has 2 saturated heterocycles. The van der Waals surface area contributed by atoms with E-state index in [-0.39, 0.29) is 30.1 Å². The van der Waals surface area contributed by atoms with E-state index in [9.17, 15) is 9.59 Å². The zero-order chi connectivity index (χ0) is 17.6. The topological polar surface area (TPSA) is 61.9 Å². The third-order valence-electron chi connectivity index (χ3n) is 5.83. The molecule has 2 amide bonds. The number of rotatable bonds is 5. The molecule has 2 aliphatic heterocycles. The number of piperidine rings is 1. The number of likely N-dealkylation sites (tertiary alicyclic amines) is 1. The smallest absolute Gasteiger partial charge is 0.251 e. The highest BCUT2D eigenvalue weighted by Gasteiger charge is 2.34. The second kappa shape index (κ2) is 8.99. The fourth-order valence-electron chi connectivity index (χ4n) is 4.38. The van der Waals surface area contributed by atoms with E-state index in [4.69, 9.17) is 4.74 Å². The van der Waals surface area contributed by atoms with Gasteiger partial charge in [0.2, 0.25) is 5.91 Å². The van der Waals surface area contributed by atoms with Crippen LogP contribution in [0.25, 0.3) is 0 Å². The monoisotopic (exact) mass is 351 g/mol. The van der Waals surface area contributed by atoms with Crippen molar-refractivity contribution in [3.63, 3.8) is 0 Å². The first-order valence-electron chi connectivity index (χ1n) is 10.1. The molecule has 6 nitrogen and oxygen atoms in total. The third-order valence-corrected chi connectivity index (χ3v) is 5.83. The molecule has 0 bridgehead atoms. The van der Waals surface area contributed by atoms with Gasteiger partial charge in [-0.2, -0.15) is 0 Å². The van der Waals surface area contributed by atoms with Crippen LogP contribution in [0, 0.1) is 0 Å². The average molecular weight is 351 g/mol. The van der Waals surface area contributed by atoms with Crippen molar-refractivity contribution in [2.75, 3.05) is 32.7 Å². The number of ether oxygens (including phenoxy) is 1. The Bertz CT molecular complexity index is 465. The van der Waals surface area contributed by atoms with Crippen molar-refractivity contribution in [3.8, 4) is 0 Å². The largest absolute Gasteiger partial charge is 0.365 e. The predicted molar refractivity (Wildman–Crippen MR) is 96.2 cm³/mol. The average Bonchev–Trinajstić information content (AvgIpc) is 2.67. The SMILES string of the molecule is CCC(OC1CCCCC1)C(=O)N1CCCC(N2CCNCC2=O)C1. The standard InChI is InChI=1S/C19H33N3O3/c1-2-17(25-16-8-4-3-5-9-16)19(24)21-11-6-7-15(14-21)22-12-10-20-13-18(22)23/h15-17,20H,2-14H2,1H3. The lowest BCUT2D eigenvalue weighted by Gasteiger charge is -2.42. The fourth-order valence-corrected chi connectivity index (χ4v) is 4.38. The highest BCUT2D eigenvalue weighted by molar-refractivity contribution is 5.82. The first-order valence-corrected chi connectivity index (χ1v) is 10.1. The molecule has 0 aromatic carbocycles. The van der Waals surface area contributed by atoms with Crippen LogP contribution in [0.2, 0.25) is 0 Å². The maximum Gasteiger partial charge on any atom is 0.251 e. The Morgan fingerprint density at radius 3 is 2.72 bits per heavy atom. The van der Waals surface area contributed by atoms with E-state index in [1.54, 1.807) is 0 Å². The molecule has 0 aromatic rings. The van der Waals surface area contributed by atoms with Gasteiger partial charge < -0.3 is 19.9 Å². The molecule has 1 aliphatic carbocycles. The number of nitrogens with zero attached hydrogens (tertiary/aromatic N) is 2. The van der Waals surface area contributed by atoms with Gasteiger partial charge in [-0.15, -0.1) is 0 Å². The molecule has 2 atom stereocenters. The van der Waals surface area contributed by atoms with Gasteiger partial charge in [-0.1, -0.05) is 26.2 Å². The Labute approximate surface area is 151 Å². The molecule has 25 heavy (non-hydrogen) atoms. The van der Waals surface area contributed by atoms with Crippen LogP contribution < -0.4 is 5.32 Å². The van der Waals surface area contributed by atoms with Gasteiger partial charge in [0.15, 0.2) is 0 Å². The quantitative estimate of drug-likeness (QED) is 0.816. The molecular weight excluding hydrogens is 318 g/mol. The van der Waals surface area contributed by atoms with Gasteiger partial charge in [-0.3, -0.25) is 9.59 Å². The predicted octanol–water partition coefficient (Wildman–Crippen LogP) is 1.54. The number of amides is 2. The Morgan fingerprint density at radius 2 is 2.00 bits per heavy atom. The number of hydrogen-bond donors (Lipinski definition) is 1. The Kier molecular flexibility index (Phi) is 6.70. The molecule has 2 unspecified atom stereocenters. The second-order valence-electron chi connectivity index (χ2n) is 7.64. The van der Waals surface area contributed by atoms with Crippen LogP contribution in [0.5, 0.6) is 0 Å². The van der Waals surface area contributed by atoms with E-state index >= 15 is 0 Å². The molecule has 0 aromatic heterocycles. The zero-order valence-corrected chi connectivity index (χ0v) is 15.5. The maximum absolute atomic E-state index is 13.0. The van der Waals surface area contributed by atoms with Crippen molar-refractivity contribution in [2.45, 2.75) is 76.5 Å². The van der Waals surface area contributed by atoms with E-state index < -0.39 is 0 Å². The van der Waals surface area contributed by atoms with E-state index in [0.29, 0.717) is 13.1 Å². The molecule has 3 aliphatic rings. The van der Waals surface area contributed by atoms with Gasteiger partial charge in [0.05, 0.1) is 12.6 Å². The highest BCUT2D eigenvalue weighted by Crippen LogP contribution is 2.24. The lowest BCUT2D eigenvalue weighted by molar-refractivity contribution is -0.153. The van der Waals surface area contributed by atoms with Gasteiger partial charge >= 0.3 is 0 Å². The summed E-state index contributed by atoms with van der Waals surface area (Å²) < 4.78 is 6.18. The van der Waals surface area contributed by atoms with Gasteiger partial charge in [0, 0.05) is 32.2 Å². The number of piperazine rings is 1. The van der Waals surface area contributed by atoms with Crippen LogP contribution in [0.4, 0.5) is 0 Å². The zero-order valence-electron chi connectivity index (χ0n) is 15.5. The molecule has 0 radical (unpaired) electrons. The summed E-state index contributed by atoms with van der Waals surface area (Å²) in [5.41, 5.74) is 0. The molecule has 0 spiro atoms. The summed E-state index contributed by atoms with van der Waals surface area (Å²) in [7, 11) is 0. The third kappa shape index (κ3) is 4.73. The van der Waals surface area contributed by atoms with E-state index in [1.165, 1.54) is 19.3 Å². The van der Waals surface area contributed by atoms with Crippen LogP contribution in [0.15, 0.2) is 0 Å². The molecule has 1 N–H and O–H groups in total. The van der Waals surface area contributed by atoms with Crippen molar-refractivity contribution in [3.05, 3.63) is 0 Å². The molecule has 3 rings (SSSR count). The van der Waals surface area contributed by atoms with Crippen LogP contribution in [0.3, 0.4) is 0 Å². The molecule has 3 fully saturated rings. The van der Waals surface area contributed by atoms with E-state index in [1.807, 2.05) is 16.7 Å². The van der Waals surface area contributed by atoms with E-state index in [2.05, 4.69) is 5.32 Å². The second-order valence-corrected chi connectivity index (χ2v) is 7.64. The molecule has 142 valence electrons. The van der Waals surface area contributed by atoms with Crippen LogP contribution >= 0.6 is 0 Å². The highest BCUT2D eigenvalue weighted by atomic mass is 16.5. The molecule has 6 heteroatoms. The first-order chi connectivity index (χ1) is 12.2. The van der Waals surface area contributed by atoms with Crippen molar-refractivity contribution in [1.29, 1.82) is 0 Å². The number of hydrogen-bond acceptors (Lipinski definition) is 4. The summed E-state index contributed by atoms with van der Waals surface area (Å²) in [6.07, 6.45) is 8.50. The fraction of sp³-hybridized carbons (Fsp3) is 0.895.